The summed E-state index contributed by atoms with van der Waals surface area (Å²) in [6, 6.07) is 12.0. The van der Waals surface area contributed by atoms with Crippen molar-refractivity contribution < 1.29 is 4.79 Å². The first kappa shape index (κ1) is 18.0. The van der Waals surface area contributed by atoms with Gasteiger partial charge in [0.15, 0.2) is 11.5 Å². The molecule has 1 aliphatic heterocycles. The van der Waals surface area contributed by atoms with Gasteiger partial charge >= 0.3 is 0 Å². The van der Waals surface area contributed by atoms with Gasteiger partial charge in [-0.25, -0.2) is 9.50 Å². The Morgan fingerprint density at radius 1 is 1.14 bits per heavy atom. The van der Waals surface area contributed by atoms with Crippen LogP contribution in [-0.2, 0) is 11.2 Å². The van der Waals surface area contributed by atoms with Crippen molar-refractivity contribution in [2.75, 3.05) is 13.1 Å². The zero-order chi connectivity index (χ0) is 19.6. The van der Waals surface area contributed by atoms with Gasteiger partial charge < -0.3 is 4.90 Å². The molecular weight excluding hydrogens is 382 g/mol. The molecule has 29 heavy (non-hydrogen) atoms. The summed E-state index contributed by atoms with van der Waals surface area (Å²) < 4.78 is 1.84. The molecule has 1 aliphatic rings. The van der Waals surface area contributed by atoms with Crippen LogP contribution in [0.15, 0.2) is 60.4 Å². The number of fused-ring (bicyclic) bond motifs is 1. The number of hydrogen-bond acceptors (Lipinski definition) is 5. The van der Waals surface area contributed by atoms with Crippen LogP contribution in [0.2, 0.25) is 0 Å². The first-order chi connectivity index (χ1) is 14.3. The van der Waals surface area contributed by atoms with Crippen molar-refractivity contribution in [3.8, 4) is 11.1 Å². The molecule has 0 radical (unpaired) electrons. The summed E-state index contributed by atoms with van der Waals surface area (Å²) in [4.78, 5) is 24.6. The number of pyridine rings is 2. The number of amides is 1. The van der Waals surface area contributed by atoms with E-state index in [4.69, 9.17) is 10.1 Å². The van der Waals surface area contributed by atoms with Crippen molar-refractivity contribution in [1.29, 1.82) is 0 Å². The van der Waals surface area contributed by atoms with Crippen LogP contribution in [0, 0.1) is 0 Å². The molecule has 0 spiro atoms. The fraction of sp³-hybridized carbons (Fsp3) is 0.273. The van der Waals surface area contributed by atoms with E-state index in [-0.39, 0.29) is 11.8 Å². The molecule has 0 unspecified atom stereocenters. The molecule has 4 aromatic heterocycles. The zero-order valence-corrected chi connectivity index (χ0v) is 16.8. The highest BCUT2D eigenvalue weighted by atomic mass is 32.1. The molecule has 0 aromatic carbocycles. The molecule has 0 saturated carbocycles. The second kappa shape index (κ2) is 7.75. The van der Waals surface area contributed by atoms with Gasteiger partial charge in [-0.15, -0.1) is 11.3 Å². The molecular formula is C22H21N5OS. The minimum atomic E-state index is 0.181. The van der Waals surface area contributed by atoms with E-state index >= 15 is 0 Å². The Balaban J connectivity index is 1.35. The van der Waals surface area contributed by atoms with E-state index in [1.807, 2.05) is 51.3 Å². The molecule has 146 valence electrons. The summed E-state index contributed by atoms with van der Waals surface area (Å²) in [5, 5.41) is 6.76. The highest BCUT2D eigenvalue weighted by Crippen LogP contribution is 2.27. The average molecular weight is 404 g/mol. The SMILES string of the molecule is O=C(Cc1cccs1)N1CCC[C@@H](c2nc3ccc(-c4ccncc4)cn3n2)C1. The molecule has 6 nitrogen and oxygen atoms in total. The molecule has 0 aliphatic carbocycles. The van der Waals surface area contributed by atoms with Gasteiger partial charge in [-0.3, -0.25) is 9.78 Å². The number of likely N-dealkylation sites (tertiary alicyclic amines) is 1. The smallest absolute Gasteiger partial charge is 0.227 e. The van der Waals surface area contributed by atoms with Gasteiger partial charge in [-0.1, -0.05) is 6.07 Å². The summed E-state index contributed by atoms with van der Waals surface area (Å²) in [5.41, 5.74) is 3.01. The third-order valence-corrected chi connectivity index (χ3v) is 6.28. The number of carbonyl (C=O) groups is 1. The predicted octanol–water partition coefficient (Wildman–Crippen LogP) is 3.80. The van der Waals surface area contributed by atoms with Gasteiger partial charge in [0.2, 0.25) is 5.91 Å². The lowest BCUT2D eigenvalue weighted by atomic mass is 9.97. The molecule has 5 heterocycles. The molecule has 0 bridgehead atoms. The van der Waals surface area contributed by atoms with Crippen LogP contribution >= 0.6 is 11.3 Å². The second-order valence-corrected chi connectivity index (χ2v) is 8.39. The van der Waals surface area contributed by atoms with Crippen LogP contribution in [-0.4, -0.2) is 43.5 Å². The van der Waals surface area contributed by atoms with Crippen molar-refractivity contribution in [2.45, 2.75) is 25.2 Å². The van der Waals surface area contributed by atoms with Crippen molar-refractivity contribution >= 4 is 22.9 Å². The number of carbonyl (C=O) groups excluding carboxylic acids is 1. The third kappa shape index (κ3) is 3.78. The molecule has 0 N–H and O–H groups in total. The maximum absolute atomic E-state index is 12.7. The molecule has 1 atom stereocenters. The molecule has 1 fully saturated rings. The standard InChI is InChI=1S/C22H21N5OS/c28-21(13-19-4-2-12-29-19)26-11-1-3-18(14-26)22-24-20-6-5-17(15-27(20)25-22)16-7-9-23-10-8-16/h2,4-10,12,15,18H,1,3,11,13-14H2/t18-/m1/s1. The largest absolute Gasteiger partial charge is 0.342 e. The summed E-state index contributed by atoms with van der Waals surface area (Å²) >= 11 is 1.64. The minimum absolute atomic E-state index is 0.181. The van der Waals surface area contributed by atoms with Crippen LogP contribution in [0.5, 0.6) is 0 Å². The Hall–Kier alpha value is -3.06. The highest BCUT2D eigenvalue weighted by Gasteiger charge is 2.27. The molecule has 1 saturated heterocycles. The van der Waals surface area contributed by atoms with E-state index in [1.165, 1.54) is 0 Å². The maximum atomic E-state index is 12.7. The molecule has 1 amide bonds. The summed E-state index contributed by atoms with van der Waals surface area (Å²) in [5.74, 6) is 1.20. The van der Waals surface area contributed by atoms with Crippen molar-refractivity contribution in [1.82, 2.24) is 24.5 Å². The van der Waals surface area contributed by atoms with E-state index in [0.29, 0.717) is 13.0 Å². The molecule has 5 rings (SSSR count). The number of thiophene rings is 1. The number of nitrogens with zero attached hydrogens (tertiary/aromatic N) is 5. The monoisotopic (exact) mass is 403 g/mol. The minimum Gasteiger partial charge on any atom is -0.342 e. The van der Waals surface area contributed by atoms with E-state index in [9.17, 15) is 4.79 Å². The van der Waals surface area contributed by atoms with Crippen LogP contribution in [0.4, 0.5) is 0 Å². The molecule has 4 aromatic rings. The van der Waals surface area contributed by atoms with Gasteiger partial charge in [-0.05, 0) is 54.1 Å². The first-order valence-electron chi connectivity index (χ1n) is 9.83. The lowest BCUT2D eigenvalue weighted by Crippen LogP contribution is -2.40. The number of piperidine rings is 1. The van der Waals surface area contributed by atoms with Crippen LogP contribution in [0.25, 0.3) is 16.8 Å². The lowest BCUT2D eigenvalue weighted by Gasteiger charge is -2.31. The lowest BCUT2D eigenvalue weighted by molar-refractivity contribution is -0.131. The van der Waals surface area contributed by atoms with E-state index in [2.05, 4.69) is 11.1 Å². The van der Waals surface area contributed by atoms with Gasteiger partial charge in [-0.2, -0.15) is 5.10 Å². The number of hydrogen-bond donors (Lipinski definition) is 0. The van der Waals surface area contributed by atoms with E-state index < -0.39 is 0 Å². The Morgan fingerprint density at radius 3 is 2.86 bits per heavy atom. The zero-order valence-electron chi connectivity index (χ0n) is 15.9. The Bertz CT molecular complexity index is 1120. The van der Waals surface area contributed by atoms with Crippen LogP contribution < -0.4 is 0 Å². The predicted molar refractivity (Wildman–Crippen MR) is 113 cm³/mol. The Kier molecular flexibility index (Phi) is 4.81. The highest BCUT2D eigenvalue weighted by molar-refractivity contribution is 7.10. The molecule has 7 heteroatoms. The summed E-state index contributed by atoms with van der Waals surface area (Å²) in [6.07, 6.45) is 8.06. The Morgan fingerprint density at radius 2 is 2.03 bits per heavy atom. The summed E-state index contributed by atoms with van der Waals surface area (Å²) in [7, 11) is 0. The maximum Gasteiger partial charge on any atom is 0.227 e. The average Bonchev–Trinajstić information content (AvgIpc) is 3.43. The summed E-state index contributed by atoms with van der Waals surface area (Å²) in [6.45, 7) is 1.51. The fourth-order valence-corrected chi connectivity index (χ4v) is 4.57. The van der Waals surface area contributed by atoms with Gasteiger partial charge in [0.25, 0.3) is 0 Å². The Labute approximate surface area is 172 Å². The third-order valence-electron chi connectivity index (χ3n) is 5.41. The fourth-order valence-electron chi connectivity index (χ4n) is 3.88. The van der Waals surface area contributed by atoms with Crippen LogP contribution in [0.3, 0.4) is 0 Å². The van der Waals surface area contributed by atoms with Gasteiger partial charge in [0.1, 0.15) is 0 Å². The van der Waals surface area contributed by atoms with E-state index in [0.717, 1.165) is 46.9 Å². The van der Waals surface area contributed by atoms with Crippen molar-refractivity contribution in [2.24, 2.45) is 0 Å². The van der Waals surface area contributed by atoms with Crippen molar-refractivity contribution in [3.05, 3.63) is 71.1 Å². The van der Waals surface area contributed by atoms with Crippen molar-refractivity contribution in [3.63, 3.8) is 0 Å². The quantitative estimate of drug-likeness (QED) is 0.520. The second-order valence-electron chi connectivity index (χ2n) is 7.36. The first-order valence-corrected chi connectivity index (χ1v) is 10.7. The van der Waals surface area contributed by atoms with E-state index in [1.54, 1.807) is 23.7 Å². The van der Waals surface area contributed by atoms with Crippen LogP contribution in [0.1, 0.15) is 29.5 Å². The normalized spacial score (nSPS) is 17.0. The number of aromatic nitrogens is 4. The van der Waals surface area contributed by atoms with Gasteiger partial charge in [0, 0.05) is 48.0 Å². The topological polar surface area (TPSA) is 63.4 Å². The van der Waals surface area contributed by atoms with Gasteiger partial charge in [0.05, 0.1) is 6.42 Å². The number of rotatable bonds is 4.